The van der Waals surface area contributed by atoms with Gasteiger partial charge in [0.1, 0.15) is 5.82 Å². The fraction of sp³-hybridized carbons (Fsp3) is 0.333. The minimum absolute atomic E-state index is 0.723. The third kappa shape index (κ3) is 3.99. The van der Waals surface area contributed by atoms with E-state index in [1.807, 2.05) is 30.3 Å². The number of hydrogen-bond donors (Lipinski definition) is 2. The third-order valence-corrected chi connectivity index (χ3v) is 2.87. The van der Waals surface area contributed by atoms with Crippen LogP contribution in [0, 0.1) is 0 Å². The number of allylic oxidation sites excluding steroid dienone is 2. The van der Waals surface area contributed by atoms with Crippen molar-refractivity contribution >= 4 is 16.7 Å². The number of H-pyrrole nitrogens is 1. The van der Waals surface area contributed by atoms with E-state index in [0.29, 0.717) is 0 Å². The fourth-order valence-electron chi connectivity index (χ4n) is 1.75. The molecular weight excluding hydrogens is 208 g/mol. The molecule has 1 aromatic carbocycles. The first-order valence-corrected chi connectivity index (χ1v) is 6.18. The van der Waals surface area contributed by atoms with E-state index in [2.05, 4.69) is 31.8 Å². The van der Waals surface area contributed by atoms with E-state index >= 15 is 0 Å². The molecule has 0 aliphatic rings. The van der Waals surface area contributed by atoms with Crippen molar-refractivity contribution in [2.24, 2.45) is 0 Å². The van der Waals surface area contributed by atoms with E-state index in [0.717, 1.165) is 11.3 Å². The zero-order valence-corrected chi connectivity index (χ0v) is 11.0. The quantitative estimate of drug-likeness (QED) is 0.733. The van der Waals surface area contributed by atoms with Crippen molar-refractivity contribution in [2.45, 2.75) is 33.6 Å². The SMILES string of the molecule is CC=C(CC)CC.Nc1cc2ccccc2[nH]1. The molecular formula is C15H22N2. The van der Waals surface area contributed by atoms with E-state index in [4.69, 9.17) is 5.73 Å². The van der Waals surface area contributed by atoms with Gasteiger partial charge in [-0.15, -0.1) is 0 Å². The first-order chi connectivity index (χ1) is 8.21. The Bertz CT molecular complexity index is 441. The second kappa shape index (κ2) is 6.79. The zero-order valence-electron chi connectivity index (χ0n) is 11.0. The van der Waals surface area contributed by atoms with Gasteiger partial charge in [0, 0.05) is 10.9 Å². The number of hydrogen-bond acceptors (Lipinski definition) is 1. The maximum absolute atomic E-state index is 5.54. The van der Waals surface area contributed by atoms with E-state index in [1.165, 1.54) is 18.2 Å². The summed E-state index contributed by atoms with van der Waals surface area (Å²) in [5.41, 5.74) is 8.19. The number of fused-ring (bicyclic) bond motifs is 1. The molecule has 0 aliphatic heterocycles. The number of aromatic amines is 1. The molecule has 2 nitrogen and oxygen atoms in total. The standard InChI is InChI=1S/C8H8N2.C7H14/c9-8-5-6-3-1-2-4-7(6)10-8;1-4-7(5-2)6-3/h1-5,10H,9H2;4H,5-6H2,1-3H3. The summed E-state index contributed by atoms with van der Waals surface area (Å²) in [6.07, 6.45) is 4.62. The number of rotatable bonds is 2. The molecule has 92 valence electrons. The summed E-state index contributed by atoms with van der Waals surface area (Å²) >= 11 is 0. The number of nitrogens with two attached hydrogens (primary N) is 1. The summed E-state index contributed by atoms with van der Waals surface area (Å²) in [5, 5.41) is 1.17. The van der Waals surface area contributed by atoms with Gasteiger partial charge in [-0.25, -0.2) is 0 Å². The van der Waals surface area contributed by atoms with Crippen LogP contribution in [-0.2, 0) is 0 Å². The van der Waals surface area contributed by atoms with Crippen LogP contribution in [-0.4, -0.2) is 4.98 Å². The van der Waals surface area contributed by atoms with Gasteiger partial charge in [-0.05, 0) is 31.9 Å². The normalized spacial score (nSPS) is 9.59. The highest BCUT2D eigenvalue weighted by atomic mass is 14.8. The Kier molecular flexibility index (Phi) is 5.34. The molecule has 17 heavy (non-hydrogen) atoms. The highest BCUT2D eigenvalue weighted by molar-refractivity contribution is 5.82. The molecule has 2 heteroatoms. The van der Waals surface area contributed by atoms with Crippen LogP contribution in [0.25, 0.3) is 10.9 Å². The lowest BCUT2D eigenvalue weighted by molar-refractivity contribution is 0.972. The van der Waals surface area contributed by atoms with Crippen LogP contribution < -0.4 is 5.73 Å². The number of para-hydroxylation sites is 1. The monoisotopic (exact) mass is 230 g/mol. The predicted octanol–water partition coefficient (Wildman–Crippen LogP) is 4.50. The third-order valence-electron chi connectivity index (χ3n) is 2.87. The topological polar surface area (TPSA) is 41.8 Å². The molecule has 0 amide bonds. The number of nitrogen functional groups attached to an aromatic ring is 1. The van der Waals surface area contributed by atoms with Crippen molar-refractivity contribution < 1.29 is 0 Å². The second-order valence-electron chi connectivity index (χ2n) is 3.97. The molecule has 0 saturated carbocycles. The molecule has 0 radical (unpaired) electrons. The van der Waals surface area contributed by atoms with Crippen LogP contribution in [0.5, 0.6) is 0 Å². The number of benzene rings is 1. The van der Waals surface area contributed by atoms with Crippen LogP contribution in [0.2, 0.25) is 0 Å². The highest BCUT2D eigenvalue weighted by Crippen LogP contribution is 2.14. The largest absolute Gasteiger partial charge is 0.385 e. The van der Waals surface area contributed by atoms with E-state index in [-0.39, 0.29) is 0 Å². The molecule has 1 heterocycles. The van der Waals surface area contributed by atoms with Crippen LogP contribution in [0.1, 0.15) is 33.6 Å². The lowest BCUT2D eigenvalue weighted by atomic mass is 10.1. The van der Waals surface area contributed by atoms with Crippen molar-refractivity contribution in [1.82, 2.24) is 4.98 Å². The molecule has 3 N–H and O–H groups in total. The second-order valence-corrected chi connectivity index (χ2v) is 3.97. The molecule has 2 aromatic rings. The minimum Gasteiger partial charge on any atom is -0.385 e. The van der Waals surface area contributed by atoms with Gasteiger partial charge >= 0.3 is 0 Å². The smallest absolute Gasteiger partial charge is 0.101 e. The Morgan fingerprint density at radius 3 is 2.35 bits per heavy atom. The molecule has 0 fully saturated rings. The van der Waals surface area contributed by atoms with Gasteiger partial charge in [0.25, 0.3) is 0 Å². The Morgan fingerprint density at radius 2 is 1.88 bits per heavy atom. The van der Waals surface area contributed by atoms with Crippen LogP contribution >= 0.6 is 0 Å². The van der Waals surface area contributed by atoms with Gasteiger partial charge in [-0.2, -0.15) is 0 Å². The fourth-order valence-corrected chi connectivity index (χ4v) is 1.75. The van der Waals surface area contributed by atoms with Gasteiger partial charge in [0.2, 0.25) is 0 Å². The van der Waals surface area contributed by atoms with Gasteiger partial charge in [0.05, 0.1) is 0 Å². The Labute approximate surface area is 104 Å². The molecule has 0 aliphatic carbocycles. The molecule has 0 atom stereocenters. The van der Waals surface area contributed by atoms with Crippen molar-refractivity contribution in [3.8, 4) is 0 Å². The summed E-state index contributed by atoms with van der Waals surface area (Å²) in [7, 11) is 0. The van der Waals surface area contributed by atoms with Crippen molar-refractivity contribution in [3.63, 3.8) is 0 Å². The lowest BCUT2D eigenvalue weighted by Crippen LogP contribution is -1.80. The Hall–Kier alpha value is -1.70. The number of anilines is 1. The van der Waals surface area contributed by atoms with Gasteiger partial charge in [0.15, 0.2) is 0 Å². The van der Waals surface area contributed by atoms with Crippen LogP contribution in [0.15, 0.2) is 42.0 Å². The molecule has 0 bridgehead atoms. The maximum Gasteiger partial charge on any atom is 0.101 e. The first-order valence-electron chi connectivity index (χ1n) is 6.18. The average Bonchev–Trinajstić information content (AvgIpc) is 2.72. The van der Waals surface area contributed by atoms with Gasteiger partial charge < -0.3 is 10.7 Å². The number of aromatic nitrogens is 1. The summed E-state index contributed by atoms with van der Waals surface area (Å²) < 4.78 is 0. The van der Waals surface area contributed by atoms with Crippen molar-refractivity contribution in [1.29, 1.82) is 0 Å². The van der Waals surface area contributed by atoms with Gasteiger partial charge in [-0.3, -0.25) is 0 Å². The van der Waals surface area contributed by atoms with Crippen LogP contribution in [0.3, 0.4) is 0 Å². The summed E-state index contributed by atoms with van der Waals surface area (Å²) in [6.45, 7) is 6.49. The average molecular weight is 230 g/mol. The van der Waals surface area contributed by atoms with E-state index in [1.54, 1.807) is 5.57 Å². The van der Waals surface area contributed by atoms with Gasteiger partial charge in [-0.1, -0.05) is 43.7 Å². The van der Waals surface area contributed by atoms with E-state index in [9.17, 15) is 0 Å². The lowest BCUT2D eigenvalue weighted by Gasteiger charge is -1.93. The zero-order chi connectivity index (χ0) is 12.7. The predicted molar refractivity (Wildman–Crippen MR) is 77.1 cm³/mol. The first kappa shape index (κ1) is 13.4. The summed E-state index contributed by atoms with van der Waals surface area (Å²) in [6, 6.07) is 9.94. The molecule has 2 rings (SSSR count). The number of nitrogens with one attached hydrogen (secondary N) is 1. The summed E-state index contributed by atoms with van der Waals surface area (Å²) in [5.74, 6) is 0.723. The van der Waals surface area contributed by atoms with Crippen molar-refractivity contribution in [3.05, 3.63) is 42.0 Å². The summed E-state index contributed by atoms with van der Waals surface area (Å²) in [4.78, 5) is 3.04. The molecule has 0 spiro atoms. The molecule has 1 aromatic heterocycles. The Balaban J connectivity index is 0.000000185. The van der Waals surface area contributed by atoms with E-state index < -0.39 is 0 Å². The van der Waals surface area contributed by atoms with Crippen LogP contribution in [0.4, 0.5) is 5.82 Å². The van der Waals surface area contributed by atoms with Crippen molar-refractivity contribution in [2.75, 3.05) is 5.73 Å². The minimum atomic E-state index is 0.723. The highest BCUT2D eigenvalue weighted by Gasteiger charge is 1.92. The molecule has 0 saturated heterocycles. The molecule has 0 unspecified atom stereocenters. The Morgan fingerprint density at radius 1 is 1.24 bits per heavy atom. The maximum atomic E-state index is 5.54.